The van der Waals surface area contributed by atoms with Crippen LogP contribution in [0.25, 0.3) is 0 Å². The highest BCUT2D eigenvalue weighted by atomic mass is 16.2. The average Bonchev–Trinajstić information content (AvgIpc) is 2.80. The van der Waals surface area contributed by atoms with Gasteiger partial charge < -0.3 is 10.2 Å². The van der Waals surface area contributed by atoms with Crippen LogP contribution in [0.2, 0.25) is 0 Å². The molecule has 110 valence electrons. The number of carbonyl (C=O) groups excluding carboxylic acids is 1. The van der Waals surface area contributed by atoms with Crippen LogP contribution in [0.15, 0.2) is 0 Å². The summed E-state index contributed by atoms with van der Waals surface area (Å²) in [5, 5.41) is 3.36. The van der Waals surface area contributed by atoms with E-state index in [2.05, 4.69) is 22.0 Å². The molecule has 2 heterocycles. The second-order valence-corrected chi connectivity index (χ2v) is 5.87. The predicted octanol–water partition coefficient (Wildman–Crippen LogP) is 1.46. The van der Waals surface area contributed by atoms with Gasteiger partial charge in [0.05, 0.1) is 6.54 Å². The first-order chi connectivity index (χ1) is 9.31. The largest absolute Gasteiger partial charge is 0.340 e. The van der Waals surface area contributed by atoms with Crippen molar-refractivity contribution < 1.29 is 4.79 Å². The van der Waals surface area contributed by atoms with E-state index in [0.717, 1.165) is 39.1 Å². The van der Waals surface area contributed by atoms with E-state index in [0.29, 0.717) is 18.5 Å². The van der Waals surface area contributed by atoms with Crippen molar-refractivity contribution in [1.82, 2.24) is 15.1 Å². The molecule has 1 amide bonds. The Balaban J connectivity index is 1.87. The Hall–Kier alpha value is -0.610. The molecule has 4 nitrogen and oxygen atoms in total. The first-order valence-corrected chi connectivity index (χ1v) is 8.04. The summed E-state index contributed by atoms with van der Waals surface area (Å²) in [4.78, 5) is 16.9. The van der Waals surface area contributed by atoms with E-state index >= 15 is 0 Å². The van der Waals surface area contributed by atoms with E-state index in [4.69, 9.17) is 0 Å². The molecule has 0 bridgehead atoms. The fraction of sp³-hybridized carbons (Fsp3) is 0.933. The highest BCUT2D eigenvalue weighted by Gasteiger charge is 2.24. The van der Waals surface area contributed by atoms with Crippen molar-refractivity contribution in [2.45, 2.75) is 51.5 Å². The maximum Gasteiger partial charge on any atom is 0.236 e. The Morgan fingerprint density at radius 3 is 2.84 bits per heavy atom. The fourth-order valence-corrected chi connectivity index (χ4v) is 3.28. The van der Waals surface area contributed by atoms with Gasteiger partial charge in [0.25, 0.3) is 0 Å². The van der Waals surface area contributed by atoms with Crippen molar-refractivity contribution in [3.05, 3.63) is 0 Å². The molecule has 4 heteroatoms. The minimum atomic E-state index is 0.337. The molecule has 1 atom stereocenters. The van der Waals surface area contributed by atoms with Crippen LogP contribution in [0.4, 0.5) is 0 Å². The SMILES string of the molecule is CCC1CCCCCN1CC(=O)N1CCCNCC1. The molecule has 2 aliphatic heterocycles. The summed E-state index contributed by atoms with van der Waals surface area (Å²) in [6.07, 6.45) is 7.44. The van der Waals surface area contributed by atoms with Gasteiger partial charge in [-0.2, -0.15) is 0 Å². The quantitative estimate of drug-likeness (QED) is 0.841. The molecule has 0 radical (unpaired) electrons. The predicted molar refractivity (Wildman–Crippen MR) is 78.2 cm³/mol. The summed E-state index contributed by atoms with van der Waals surface area (Å²) in [7, 11) is 0. The van der Waals surface area contributed by atoms with Crippen molar-refractivity contribution >= 4 is 5.91 Å². The van der Waals surface area contributed by atoms with Gasteiger partial charge in [-0.3, -0.25) is 9.69 Å². The van der Waals surface area contributed by atoms with Crippen molar-refractivity contribution in [2.24, 2.45) is 0 Å². The summed E-state index contributed by atoms with van der Waals surface area (Å²) in [6, 6.07) is 0.622. The van der Waals surface area contributed by atoms with Gasteiger partial charge in [-0.25, -0.2) is 0 Å². The molecular formula is C15H29N3O. The molecular weight excluding hydrogens is 238 g/mol. The lowest BCUT2D eigenvalue weighted by molar-refractivity contribution is -0.132. The molecule has 0 aliphatic carbocycles. The monoisotopic (exact) mass is 267 g/mol. The Labute approximate surface area is 117 Å². The van der Waals surface area contributed by atoms with Gasteiger partial charge in [-0.15, -0.1) is 0 Å². The zero-order chi connectivity index (χ0) is 13.5. The van der Waals surface area contributed by atoms with E-state index in [1.165, 1.54) is 32.1 Å². The first-order valence-electron chi connectivity index (χ1n) is 8.04. The second-order valence-electron chi connectivity index (χ2n) is 5.87. The number of hydrogen-bond acceptors (Lipinski definition) is 3. The van der Waals surface area contributed by atoms with Gasteiger partial charge in [0.15, 0.2) is 0 Å². The maximum atomic E-state index is 12.4. The Kier molecular flexibility index (Phi) is 6.11. The van der Waals surface area contributed by atoms with Gasteiger partial charge in [0.2, 0.25) is 5.91 Å². The molecule has 0 aromatic rings. The number of likely N-dealkylation sites (tertiary alicyclic amines) is 1. The molecule has 2 aliphatic rings. The summed E-state index contributed by atoms with van der Waals surface area (Å²) in [5.41, 5.74) is 0. The van der Waals surface area contributed by atoms with Gasteiger partial charge in [-0.1, -0.05) is 19.8 Å². The first kappa shape index (κ1) is 14.8. The lowest BCUT2D eigenvalue weighted by Crippen LogP contribution is -2.45. The zero-order valence-corrected chi connectivity index (χ0v) is 12.4. The number of carbonyl (C=O) groups is 1. The van der Waals surface area contributed by atoms with Crippen molar-refractivity contribution in [2.75, 3.05) is 39.3 Å². The number of rotatable bonds is 3. The van der Waals surface area contributed by atoms with Crippen LogP contribution < -0.4 is 5.32 Å². The smallest absolute Gasteiger partial charge is 0.236 e. The van der Waals surface area contributed by atoms with Crippen molar-refractivity contribution in [1.29, 1.82) is 0 Å². The normalized spacial score (nSPS) is 26.8. The Morgan fingerprint density at radius 1 is 1.11 bits per heavy atom. The van der Waals surface area contributed by atoms with E-state index in [1.807, 2.05) is 0 Å². The fourth-order valence-electron chi connectivity index (χ4n) is 3.28. The van der Waals surface area contributed by atoms with Gasteiger partial charge in [0.1, 0.15) is 0 Å². The van der Waals surface area contributed by atoms with Crippen LogP contribution in [0.5, 0.6) is 0 Å². The summed E-state index contributed by atoms with van der Waals surface area (Å²) < 4.78 is 0. The topological polar surface area (TPSA) is 35.6 Å². The van der Waals surface area contributed by atoms with Crippen molar-refractivity contribution in [3.63, 3.8) is 0 Å². The molecule has 19 heavy (non-hydrogen) atoms. The van der Waals surface area contributed by atoms with Crippen LogP contribution in [0.1, 0.15) is 45.4 Å². The minimum absolute atomic E-state index is 0.337. The zero-order valence-electron chi connectivity index (χ0n) is 12.4. The molecule has 0 saturated carbocycles. The third-order valence-electron chi connectivity index (χ3n) is 4.50. The van der Waals surface area contributed by atoms with Gasteiger partial charge in [0, 0.05) is 25.7 Å². The van der Waals surface area contributed by atoms with E-state index in [-0.39, 0.29) is 0 Å². The Morgan fingerprint density at radius 2 is 2.00 bits per heavy atom. The molecule has 0 aromatic heterocycles. The Bertz CT molecular complexity index is 275. The standard InChI is InChI=1S/C15H29N3O/c1-2-14-7-4-3-5-10-18(14)13-15(19)17-11-6-8-16-9-12-17/h14,16H,2-13H2,1H3. The number of nitrogens with one attached hydrogen (secondary N) is 1. The lowest BCUT2D eigenvalue weighted by atomic mass is 10.1. The highest BCUT2D eigenvalue weighted by Crippen LogP contribution is 2.19. The summed E-state index contributed by atoms with van der Waals surface area (Å²) in [6.45, 7) is 7.80. The number of hydrogen-bond donors (Lipinski definition) is 1. The average molecular weight is 267 g/mol. The molecule has 2 fully saturated rings. The molecule has 2 rings (SSSR count). The molecule has 2 saturated heterocycles. The van der Waals surface area contributed by atoms with Crippen LogP contribution in [0, 0.1) is 0 Å². The molecule has 0 aromatic carbocycles. The second kappa shape index (κ2) is 7.85. The molecule has 0 spiro atoms. The number of amides is 1. The third-order valence-corrected chi connectivity index (χ3v) is 4.50. The van der Waals surface area contributed by atoms with E-state index < -0.39 is 0 Å². The molecule has 1 N–H and O–H groups in total. The summed E-state index contributed by atoms with van der Waals surface area (Å²) in [5.74, 6) is 0.337. The van der Waals surface area contributed by atoms with Gasteiger partial charge in [-0.05, 0) is 38.8 Å². The maximum absolute atomic E-state index is 12.4. The summed E-state index contributed by atoms with van der Waals surface area (Å²) >= 11 is 0. The molecule has 1 unspecified atom stereocenters. The van der Waals surface area contributed by atoms with Crippen LogP contribution in [0.3, 0.4) is 0 Å². The van der Waals surface area contributed by atoms with E-state index in [1.54, 1.807) is 0 Å². The number of nitrogens with zero attached hydrogens (tertiary/aromatic N) is 2. The van der Waals surface area contributed by atoms with Gasteiger partial charge >= 0.3 is 0 Å². The van der Waals surface area contributed by atoms with E-state index in [9.17, 15) is 4.79 Å². The minimum Gasteiger partial charge on any atom is -0.340 e. The van der Waals surface area contributed by atoms with Crippen molar-refractivity contribution in [3.8, 4) is 0 Å². The van der Waals surface area contributed by atoms with Crippen LogP contribution in [-0.4, -0.2) is 61.0 Å². The lowest BCUT2D eigenvalue weighted by Gasteiger charge is -2.31. The highest BCUT2D eigenvalue weighted by molar-refractivity contribution is 5.78. The van der Waals surface area contributed by atoms with Crippen LogP contribution >= 0.6 is 0 Å². The third kappa shape index (κ3) is 4.46. The van der Waals surface area contributed by atoms with Crippen LogP contribution in [-0.2, 0) is 4.79 Å².